The van der Waals surface area contributed by atoms with Crippen LogP contribution in [0.5, 0.6) is 0 Å². The highest BCUT2D eigenvalue weighted by Gasteiger charge is 2.35. The fraction of sp³-hybridized carbons (Fsp3) is 0.478. The molecule has 1 saturated heterocycles. The number of thiophene rings is 1. The maximum absolute atomic E-state index is 13.2. The maximum atomic E-state index is 13.2. The second-order valence-corrected chi connectivity index (χ2v) is 12.2. The molecule has 6 rings (SSSR count). The van der Waals surface area contributed by atoms with Gasteiger partial charge in [0.1, 0.15) is 16.5 Å². The van der Waals surface area contributed by atoms with Gasteiger partial charge >= 0.3 is 0 Å². The Labute approximate surface area is 201 Å². The van der Waals surface area contributed by atoms with Crippen LogP contribution < -0.4 is 4.90 Å². The molecule has 0 radical (unpaired) electrons. The smallest absolute Gasteiger partial charge is 0.289 e. The number of para-hydroxylation sites is 1. The molecule has 0 bridgehead atoms. The van der Waals surface area contributed by atoms with E-state index in [9.17, 15) is 18.5 Å². The summed E-state index contributed by atoms with van der Waals surface area (Å²) in [6.45, 7) is 1.48. The van der Waals surface area contributed by atoms with Crippen molar-refractivity contribution in [2.75, 3.05) is 31.1 Å². The molecule has 0 amide bonds. The van der Waals surface area contributed by atoms with E-state index < -0.39 is 14.9 Å². The van der Waals surface area contributed by atoms with Crippen molar-refractivity contribution in [3.05, 3.63) is 50.6 Å². The molecule has 1 saturated carbocycles. The van der Waals surface area contributed by atoms with Gasteiger partial charge in [0.15, 0.2) is 4.90 Å². The highest BCUT2D eigenvalue weighted by molar-refractivity contribution is 7.89. The lowest BCUT2D eigenvalue weighted by molar-refractivity contribution is -0.387. The van der Waals surface area contributed by atoms with Gasteiger partial charge in [0.2, 0.25) is 10.0 Å². The highest BCUT2D eigenvalue weighted by atomic mass is 32.2. The van der Waals surface area contributed by atoms with Crippen LogP contribution in [0.3, 0.4) is 0 Å². The standard InChI is InChI=1S/C23H25N5O4S2/c29-28(30)17-6-2-4-8-19(17)34(31,32)27-13-11-26(12-14-27)22-20-16-5-1-3-7-18(16)33-23(20)25-21(24-22)15-9-10-15/h2,4,6,8,15H,1,3,5,7,9-14H2. The van der Waals surface area contributed by atoms with Crippen LogP contribution in [-0.4, -0.2) is 53.8 Å². The number of aromatic nitrogens is 2. The number of nitro groups is 1. The van der Waals surface area contributed by atoms with Gasteiger partial charge in [-0.05, 0) is 50.2 Å². The third-order valence-electron chi connectivity index (χ3n) is 6.97. The average Bonchev–Trinajstić information content (AvgIpc) is 3.64. The van der Waals surface area contributed by atoms with Crippen LogP contribution in [0.25, 0.3) is 10.2 Å². The summed E-state index contributed by atoms with van der Waals surface area (Å²) < 4.78 is 27.9. The topological polar surface area (TPSA) is 110 Å². The Bertz CT molecular complexity index is 1390. The summed E-state index contributed by atoms with van der Waals surface area (Å²) in [5.74, 6) is 2.28. The number of aryl methyl sites for hydroxylation is 2. The minimum absolute atomic E-state index is 0.249. The van der Waals surface area contributed by atoms with Gasteiger partial charge in [0, 0.05) is 43.0 Å². The van der Waals surface area contributed by atoms with Crippen molar-refractivity contribution in [2.45, 2.75) is 49.3 Å². The number of hydrogen-bond acceptors (Lipinski definition) is 8. The summed E-state index contributed by atoms with van der Waals surface area (Å²) in [7, 11) is -3.97. The Morgan fingerprint density at radius 3 is 2.50 bits per heavy atom. The molecule has 0 N–H and O–H groups in total. The molecule has 34 heavy (non-hydrogen) atoms. The number of sulfonamides is 1. The summed E-state index contributed by atoms with van der Waals surface area (Å²) in [5, 5.41) is 12.5. The number of fused-ring (bicyclic) bond motifs is 3. The number of nitro benzene ring substituents is 1. The van der Waals surface area contributed by atoms with E-state index in [0.29, 0.717) is 19.0 Å². The first kappa shape index (κ1) is 21.9. The van der Waals surface area contributed by atoms with Crippen LogP contribution in [0, 0.1) is 10.1 Å². The Morgan fingerprint density at radius 1 is 1.03 bits per heavy atom. The molecule has 2 aromatic heterocycles. The summed E-state index contributed by atoms with van der Waals surface area (Å²) in [4.78, 5) is 25.1. The second-order valence-electron chi connectivity index (χ2n) is 9.19. The zero-order valence-electron chi connectivity index (χ0n) is 18.6. The average molecular weight is 500 g/mol. The maximum Gasteiger partial charge on any atom is 0.289 e. The zero-order valence-corrected chi connectivity index (χ0v) is 20.3. The van der Waals surface area contributed by atoms with E-state index in [0.717, 1.165) is 47.5 Å². The van der Waals surface area contributed by atoms with Gasteiger partial charge in [-0.25, -0.2) is 18.4 Å². The fourth-order valence-corrected chi connectivity index (χ4v) is 7.86. The van der Waals surface area contributed by atoms with E-state index in [4.69, 9.17) is 9.97 Å². The molecule has 1 aromatic carbocycles. The first-order chi connectivity index (χ1) is 16.4. The van der Waals surface area contributed by atoms with E-state index in [1.165, 1.54) is 51.9 Å². The van der Waals surface area contributed by atoms with Crippen molar-refractivity contribution in [3.63, 3.8) is 0 Å². The first-order valence-corrected chi connectivity index (χ1v) is 14.0. The molecule has 1 aliphatic heterocycles. The normalized spacial score (nSPS) is 19.4. The SMILES string of the molecule is O=[N+]([O-])c1ccccc1S(=O)(=O)N1CCN(c2nc(C3CC3)nc3sc4c(c23)CCCC4)CC1. The third-order valence-corrected chi connectivity index (χ3v) is 10.1. The van der Waals surface area contributed by atoms with Crippen LogP contribution in [-0.2, 0) is 22.9 Å². The lowest BCUT2D eigenvalue weighted by Crippen LogP contribution is -2.49. The third kappa shape index (κ3) is 3.66. The minimum atomic E-state index is -3.97. The zero-order chi connectivity index (χ0) is 23.4. The van der Waals surface area contributed by atoms with E-state index in [1.807, 2.05) is 0 Å². The molecule has 2 fully saturated rings. The predicted octanol–water partition coefficient (Wildman–Crippen LogP) is 3.87. The lowest BCUT2D eigenvalue weighted by Gasteiger charge is -2.35. The molecule has 0 spiro atoms. The summed E-state index contributed by atoms with van der Waals surface area (Å²) in [6.07, 6.45) is 6.76. The first-order valence-electron chi connectivity index (χ1n) is 11.7. The van der Waals surface area contributed by atoms with Crippen molar-refractivity contribution >= 4 is 43.1 Å². The largest absolute Gasteiger partial charge is 0.353 e. The molecule has 0 unspecified atom stereocenters. The van der Waals surface area contributed by atoms with Crippen molar-refractivity contribution in [1.82, 2.24) is 14.3 Å². The molecule has 3 aliphatic rings. The second kappa shape index (κ2) is 8.24. The number of hydrogen-bond donors (Lipinski definition) is 0. The number of anilines is 1. The van der Waals surface area contributed by atoms with Crippen molar-refractivity contribution in [2.24, 2.45) is 0 Å². The molecular formula is C23H25N5O4S2. The molecule has 3 heterocycles. The Hall–Kier alpha value is -2.63. The highest BCUT2D eigenvalue weighted by Crippen LogP contribution is 2.44. The van der Waals surface area contributed by atoms with E-state index in [1.54, 1.807) is 11.3 Å². The number of rotatable bonds is 5. The van der Waals surface area contributed by atoms with Crippen molar-refractivity contribution in [1.29, 1.82) is 0 Å². The van der Waals surface area contributed by atoms with E-state index >= 15 is 0 Å². The van der Waals surface area contributed by atoms with Gasteiger partial charge in [-0.3, -0.25) is 10.1 Å². The summed E-state index contributed by atoms with van der Waals surface area (Å²) >= 11 is 1.80. The van der Waals surface area contributed by atoms with Crippen LogP contribution in [0.15, 0.2) is 29.2 Å². The molecule has 0 atom stereocenters. The molecule has 2 aliphatic carbocycles. The number of benzene rings is 1. The van der Waals surface area contributed by atoms with Crippen LogP contribution in [0.4, 0.5) is 11.5 Å². The van der Waals surface area contributed by atoms with Gasteiger partial charge in [-0.1, -0.05) is 12.1 Å². The molecule has 178 valence electrons. The van der Waals surface area contributed by atoms with Gasteiger partial charge in [0.05, 0.1) is 10.3 Å². The monoisotopic (exact) mass is 499 g/mol. The summed E-state index contributed by atoms with van der Waals surface area (Å²) in [6, 6.07) is 5.55. The predicted molar refractivity (Wildman–Crippen MR) is 130 cm³/mol. The van der Waals surface area contributed by atoms with Gasteiger partial charge < -0.3 is 4.90 Å². The van der Waals surface area contributed by atoms with Gasteiger partial charge in [-0.15, -0.1) is 11.3 Å². The molecule has 9 nitrogen and oxygen atoms in total. The van der Waals surface area contributed by atoms with Crippen LogP contribution in [0.2, 0.25) is 0 Å². The van der Waals surface area contributed by atoms with Crippen molar-refractivity contribution in [3.8, 4) is 0 Å². The quantitative estimate of drug-likeness (QED) is 0.387. The fourth-order valence-electron chi connectivity index (χ4n) is 5.01. The van der Waals surface area contributed by atoms with Crippen molar-refractivity contribution < 1.29 is 13.3 Å². The molecule has 3 aromatic rings. The Morgan fingerprint density at radius 2 is 1.76 bits per heavy atom. The van der Waals surface area contributed by atoms with Gasteiger partial charge in [-0.2, -0.15) is 4.31 Å². The Balaban J connectivity index is 1.32. The molecular weight excluding hydrogens is 474 g/mol. The summed E-state index contributed by atoms with van der Waals surface area (Å²) in [5.41, 5.74) is 0.986. The van der Waals surface area contributed by atoms with Crippen LogP contribution >= 0.6 is 11.3 Å². The van der Waals surface area contributed by atoms with E-state index in [-0.39, 0.29) is 23.7 Å². The number of piperazine rings is 1. The molecule has 11 heteroatoms. The van der Waals surface area contributed by atoms with Crippen LogP contribution in [0.1, 0.15) is 47.9 Å². The minimum Gasteiger partial charge on any atom is -0.353 e. The van der Waals surface area contributed by atoms with E-state index in [2.05, 4.69) is 4.90 Å². The number of nitrogens with zero attached hydrogens (tertiary/aromatic N) is 5. The van der Waals surface area contributed by atoms with Gasteiger partial charge in [0.25, 0.3) is 5.69 Å². The lowest BCUT2D eigenvalue weighted by atomic mass is 9.97. The Kier molecular flexibility index (Phi) is 5.30.